The van der Waals surface area contributed by atoms with Gasteiger partial charge in [-0.25, -0.2) is 0 Å². The Bertz CT molecular complexity index is 494. The minimum Gasteiger partial charge on any atom is -0.379 e. The third-order valence-electron chi connectivity index (χ3n) is 2.58. The molecular weight excluding hydrogens is 342 g/mol. The second kappa shape index (κ2) is 5.69. The van der Waals surface area contributed by atoms with Gasteiger partial charge in [-0.2, -0.15) is 0 Å². The van der Waals surface area contributed by atoms with E-state index in [1.165, 1.54) is 5.56 Å². The van der Waals surface area contributed by atoms with Crippen LogP contribution in [0.15, 0.2) is 57.5 Å². The number of hydrogen-bond acceptors (Lipinski definition) is 1. The first-order valence-corrected chi connectivity index (χ1v) is 7.01. The lowest BCUT2D eigenvalue weighted by Crippen LogP contribution is -2.06. The fourth-order valence-electron chi connectivity index (χ4n) is 1.66. The molecule has 0 aliphatic heterocycles. The van der Waals surface area contributed by atoms with E-state index >= 15 is 0 Å². The van der Waals surface area contributed by atoms with Crippen molar-refractivity contribution >= 4 is 37.5 Å². The zero-order chi connectivity index (χ0) is 12.3. The Morgan fingerprint density at radius 3 is 2.29 bits per heavy atom. The maximum atomic E-state index is 3.49. The van der Waals surface area contributed by atoms with Crippen LogP contribution in [-0.2, 0) is 0 Å². The highest BCUT2D eigenvalue weighted by molar-refractivity contribution is 9.10. The van der Waals surface area contributed by atoms with Crippen LogP contribution >= 0.6 is 31.9 Å². The van der Waals surface area contributed by atoms with Crippen molar-refractivity contribution in [3.05, 3.63) is 63.0 Å². The second-order valence-corrected chi connectivity index (χ2v) is 5.76. The van der Waals surface area contributed by atoms with Crippen LogP contribution in [0.2, 0.25) is 0 Å². The highest BCUT2D eigenvalue weighted by Gasteiger charge is 2.05. The van der Waals surface area contributed by atoms with Crippen LogP contribution in [0.4, 0.5) is 5.69 Å². The Hall–Kier alpha value is -0.800. The number of benzene rings is 2. The molecule has 0 fully saturated rings. The maximum absolute atomic E-state index is 3.49. The number of hydrogen-bond donors (Lipinski definition) is 1. The van der Waals surface area contributed by atoms with E-state index in [1.54, 1.807) is 0 Å². The summed E-state index contributed by atoms with van der Waals surface area (Å²) < 4.78 is 2.21. The molecule has 1 atom stereocenters. The molecule has 0 radical (unpaired) electrons. The average molecular weight is 355 g/mol. The van der Waals surface area contributed by atoms with E-state index in [1.807, 2.05) is 18.2 Å². The van der Waals surface area contributed by atoms with Crippen molar-refractivity contribution in [1.82, 2.24) is 0 Å². The number of halogens is 2. The lowest BCUT2D eigenvalue weighted by molar-refractivity contribution is 0.884. The summed E-state index contributed by atoms with van der Waals surface area (Å²) in [4.78, 5) is 0. The smallest absolute Gasteiger partial charge is 0.0486 e. The highest BCUT2D eigenvalue weighted by Crippen LogP contribution is 2.23. The molecule has 0 spiro atoms. The number of rotatable bonds is 3. The van der Waals surface area contributed by atoms with Gasteiger partial charge >= 0.3 is 0 Å². The molecule has 0 amide bonds. The summed E-state index contributed by atoms with van der Waals surface area (Å²) in [6.45, 7) is 2.16. The SMILES string of the molecule is CC(Nc1ccc(Br)cc1)c1cccc(Br)c1. The van der Waals surface area contributed by atoms with Crippen LogP contribution in [-0.4, -0.2) is 0 Å². The normalized spacial score (nSPS) is 12.2. The van der Waals surface area contributed by atoms with Gasteiger partial charge in [0.05, 0.1) is 0 Å². The molecule has 2 rings (SSSR count). The summed E-state index contributed by atoms with van der Waals surface area (Å²) in [6.07, 6.45) is 0. The third-order valence-corrected chi connectivity index (χ3v) is 3.60. The zero-order valence-corrected chi connectivity index (χ0v) is 12.6. The number of anilines is 1. The lowest BCUT2D eigenvalue weighted by atomic mass is 10.1. The van der Waals surface area contributed by atoms with Crippen LogP contribution in [0.25, 0.3) is 0 Å². The van der Waals surface area contributed by atoms with Crippen LogP contribution < -0.4 is 5.32 Å². The standard InChI is InChI=1S/C14H13Br2N/c1-10(11-3-2-4-13(16)9-11)17-14-7-5-12(15)6-8-14/h2-10,17H,1H3. The predicted octanol–water partition coefficient (Wildman–Crippen LogP) is 5.38. The van der Waals surface area contributed by atoms with E-state index in [4.69, 9.17) is 0 Å². The van der Waals surface area contributed by atoms with Crippen LogP contribution in [0.5, 0.6) is 0 Å². The van der Waals surface area contributed by atoms with E-state index in [0.29, 0.717) is 0 Å². The molecule has 1 nitrogen and oxygen atoms in total. The molecule has 2 aromatic carbocycles. The van der Waals surface area contributed by atoms with Gasteiger partial charge in [0.25, 0.3) is 0 Å². The molecule has 0 aromatic heterocycles. The summed E-state index contributed by atoms with van der Waals surface area (Å²) in [5.41, 5.74) is 2.39. The summed E-state index contributed by atoms with van der Waals surface area (Å²) in [7, 11) is 0. The monoisotopic (exact) mass is 353 g/mol. The van der Waals surface area contributed by atoms with Crippen molar-refractivity contribution in [3.63, 3.8) is 0 Å². The van der Waals surface area contributed by atoms with E-state index in [2.05, 4.69) is 74.4 Å². The first-order valence-electron chi connectivity index (χ1n) is 5.43. The minimum atomic E-state index is 0.286. The van der Waals surface area contributed by atoms with Gasteiger partial charge in [0.2, 0.25) is 0 Å². The van der Waals surface area contributed by atoms with Gasteiger partial charge in [0.15, 0.2) is 0 Å². The lowest BCUT2D eigenvalue weighted by Gasteiger charge is -2.16. The summed E-state index contributed by atoms with van der Waals surface area (Å²) in [5.74, 6) is 0. The Balaban J connectivity index is 2.11. The van der Waals surface area contributed by atoms with E-state index < -0.39 is 0 Å². The molecule has 0 aliphatic rings. The molecule has 17 heavy (non-hydrogen) atoms. The van der Waals surface area contributed by atoms with Gasteiger partial charge in [0, 0.05) is 20.7 Å². The number of nitrogens with one attached hydrogen (secondary N) is 1. The quantitative estimate of drug-likeness (QED) is 0.779. The molecule has 2 aromatic rings. The van der Waals surface area contributed by atoms with Gasteiger partial charge in [-0.3, -0.25) is 0 Å². The second-order valence-electron chi connectivity index (χ2n) is 3.93. The van der Waals surface area contributed by atoms with Crippen molar-refractivity contribution < 1.29 is 0 Å². The molecular formula is C14H13Br2N. The first kappa shape index (κ1) is 12.7. The molecule has 0 aliphatic carbocycles. The summed E-state index contributed by atoms with van der Waals surface area (Å²) in [5, 5.41) is 3.47. The molecule has 0 saturated carbocycles. The fourth-order valence-corrected chi connectivity index (χ4v) is 2.34. The molecule has 88 valence electrons. The van der Waals surface area contributed by atoms with Crippen molar-refractivity contribution in [3.8, 4) is 0 Å². The summed E-state index contributed by atoms with van der Waals surface area (Å²) >= 11 is 6.92. The highest BCUT2D eigenvalue weighted by atomic mass is 79.9. The van der Waals surface area contributed by atoms with E-state index in [-0.39, 0.29) is 6.04 Å². The molecule has 0 saturated heterocycles. The van der Waals surface area contributed by atoms with Gasteiger partial charge in [-0.1, -0.05) is 44.0 Å². The Kier molecular flexibility index (Phi) is 4.24. The van der Waals surface area contributed by atoms with Crippen LogP contribution in [0.1, 0.15) is 18.5 Å². The van der Waals surface area contributed by atoms with Crippen molar-refractivity contribution in [2.24, 2.45) is 0 Å². The topological polar surface area (TPSA) is 12.0 Å². The van der Waals surface area contributed by atoms with Crippen molar-refractivity contribution in [2.75, 3.05) is 5.32 Å². The average Bonchev–Trinajstić information content (AvgIpc) is 2.32. The van der Waals surface area contributed by atoms with Gasteiger partial charge in [-0.05, 0) is 48.9 Å². The third kappa shape index (κ3) is 3.58. The largest absolute Gasteiger partial charge is 0.379 e. The Morgan fingerprint density at radius 1 is 0.941 bits per heavy atom. The minimum absolute atomic E-state index is 0.286. The predicted molar refractivity (Wildman–Crippen MR) is 80.3 cm³/mol. The van der Waals surface area contributed by atoms with Gasteiger partial charge in [0.1, 0.15) is 0 Å². The van der Waals surface area contributed by atoms with Crippen molar-refractivity contribution in [1.29, 1.82) is 0 Å². The van der Waals surface area contributed by atoms with Gasteiger partial charge in [-0.15, -0.1) is 0 Å². The van der Waals surface area contributed by atoms with Crippen LogP contribution in [0.3, 0.4) is 0 Å². The van der Waals surface area contributed by atoms with Crippen molar-refractivity contribution in [2.45, 2.75) is 13.0 Å². The molecule has 0 heterocycles. The maximum Gasteiger partial charge on any atom is 0.0486 e. The zero-order valence-electron chi connectivity index (χ0n) is 9.45. The molecule has 1 N–H and O–H groups in total. The fraction of sp³-hybridized carbons (Fsp3) is 0.143. The molecule has 1 unspecified atom stereocenters. The Morgan fingerprint density at radius 2 is 1.65 bits per heavy atom. The van der Waals surface area contributed by atoms with E-state index in [9.17, 15) is 0 Å². The molecule has 3 heteroatoms. The van der Waals surface area contributed by atoms with Gasteiger partial charge < -0.3 is 5.32 Å². The summed E-state index contributed by atoms with van der Waals surface area (Å²) in [6, 6.07) is 16.9. The van der Waals surface area contributed by atoms with Crippen LogP contribution in [0, 0.1) is 0 Å². The Labute approximate surface area is 119 Å². The molecule has 0 bridgehead atoms. The first-order chi connectivity index (χ1) is 8.15. The van der Waals surface area contributed by atoms with E-state index in [0.717, 1.165) is 14.6 Å².